The summed E-state index contributed by atoms with van der Waals surface area (Å²) in [5.74, 6) is 0.664. The second kappa shape index (κ2) is 6.33. The van der Waals surface area contributed by atoms with Crippen LogP contribution in [0.25, 0.3) is 4.96 Å². The zero-order valence-electron chi connectivity index (χ0n) is 13.0. The van der Waals surface area contributed by atoms with Crippen LogP contribution < -0.4 is 5.32 Å². The maximum absolute atomic E-state index is 12.2. The molecule has 2 aromatic heterocycles. The van der Waals surface area contributed by atoms with Gasteiger partial charge in [-0.15, -0.1) is 15.3 Å². The number of hydrogen-bond donors (Lipinski definition) is 2. The Labute approximate surface area is 146 Å². The molecule has 7 nitrogen and oxygen atoms in total. The van der Waals surface area contributed by atoms with Gasteiger partial charge in [-0.05, 0) is 29.8 Å². The molecule has 0 aliphatic heterocycles. The molecule has 2 aromatic carbocycles. The minimum absolute atomic E-state index is 0.217. The standard InChI is InChI=1S/C17H13N5O2S/c23-13-8-6-11(7-9-13)10-14-19-20-17-22(14)21-16(25-17)18-15(24)12-4-2-1-3-5-12/h1-9,23H,10H2,(H,18,21,24). The summed E-state index contributed by atoms with van der Waals surface area (Å²) in [5.41, 5.74) is 1.55. The molecule has 4 aromatic rings. The molecule has 1 amide bonds. The number of amides is 1. The first-order valence-corrected chi connectivity index (χ1v) is 8.36. The van der Waals surface area contributed by atoms with Crippen LogP contribution in [-0.4, -0.2) is 30.8 Å². The van der Waals surface area contributed by atoms with Crippen LogP contribution in [0.15, 0.2) is 54.6 Å². The lowest BCUT2D eigenvalue weighted by Gasteiger charge is -2.00. The number of aromatic hydroxyl groups is 1. The van der Waals surface area contributed by atoms with E-state index in [1.165, 1.54) is 11.3 Å². The van der Waals surface area contributed by atoms with Crippen LogP contribution >= 0.6 is 11.3 Å². The Morgan fingerprint density at radius 2 is 1.84 bits per heavy atom. The Morgan fingerprint density at radius 1 is 1.08 bits per heavy atom. The fourth-order valence-electron chi connectivity index (χ4n) is 2.37. The Balaban J connectivity index is 1.56. The van der Waals surface area contributed by atoms with Crippen LogP contribution in [0.5, 0.6) is 5.75 Å². The van der Waals surface area contributed by atoms with E-state index in [1.807, 2.05) is 30.3 Å². The monoisotopic (exact) mass is 351 g/mol. The normalized spacial score (nSPS) is 10.9. The van der Waals surface area contributed by atoms with E-state index in [9.17, 15) is 9.90 Å². The summed E-state index contributed by atoms with van der Waals surface area (Å²) >= 11 is 1.26. The van der Waals surface area contributed by atoms with Crippen LogP contribution in [0, 0.1) is 0 Å². The number of hydrogen-bond acceptors (Lipinski definition) is 6. The molecular weight excluding hydrogens is 338 g/mol. The van der Waals surface area contributed by atoms with E-state index in [1.54, 1.807) is 28.8 Å². The van der Waals surface area contributed by atoms with E-state index in [0.29, 0.717) is 27.9 Å². The summed E-state index contributed by atoms with van der Waals surface area (Å²) < 4.78 is 1.62. The maximum atomic E-state index is 12.2. The molecule has 0 aliphatic carbocycles. The molecule has 0 bridgehead atoms. The molecular formula is C17H13N5O2S. The van der Waals surface area contributed by atoms with Crippen molar-refractivity contribution in [3.8, 4) is 5.75 Å². The zero-order valence-corrected chi connectivity index (χ0v) is 13.8. The molecule has 4 rings (SSSR count). The van der Waals surface area contributed by atoms with Crippen molar-refractivity contribution in [2.24, 2.45) is 0 Å². The highest BCUT2D eigenvalue weighted by Crippen LogP contribution is 2.21. The van der Waals surface area contributed by atoms with Gasteiger partial charge in [0.25, 0.3) is 5.91 Å². The number of nitrogens with zero attached hydrogens (tertiary/aromatic N) is 4. The Morgan fingerprint density at radius 3 is 2.60 bits per heavy atom. The molecule has 0 atom stereocenters. The first kappa shape index (κ1) is 15.3. The van der Waals surface area contributed by atoms with E-state index < -0.39 is 0 Å². The van der Waals surface area contributed by atoms with Gasteiger partial charge >= 0.3 is 0 Å². The number of aromatic nitrogens is 4. The number of phenols is 1. The molecule has 0 fully saturated rings. The van der Waals surface area contributed by atoms with Gasteiger partial charge in [0.05, 0.1) is 0 Å². The molecule has 8 heteroatoms. The van der Waals surface area contributed by atoms with E-state index >= 15 is 0 Å². The van der Waals surface area contributed by atoms with E-state index in [-0.39, 0.29) is 11.7 Å². The second-order valence-corrected chi connectivity index (χ2v) is 6.34. The summed E-state index contributed by atoms with van der Waals surface area (Å²) in [6.45, 7) is 0. The minimum Gasteiger partial charge on any atom is -0.508 e. The van der Waals surface area contributed by atoms with Crippen molar-refractivity contribution in [3.63, 3.8) is 0 Å². The number of carbonyl (C=O) groups excluding carboxylic acids is 1. The van der Waals surface area contributed by atoms with Gasteiger partial charge in [0, 0.05) is 12.0 Å². The fraction of sp³-hybridized carbons (Fsp3) is 0.0588. The topological polar surface area (TPSA) is 92.4 Å². The summed E-state index contributed by atoms with van der Waals surface area (Å²) in [5, 5.41) is 25.2. The van der Waals surface area contributed by atoms with Gasteiger partial charge in [0.2, 0.25) is 10.1 Å². The maximum Gasteiger partial charge on any atom is 0.257 e. The SMILES string of the molecule is O=C(Nc1nn2c(Cc3ccc(O)cc3)nnc2s1)c1ccccc1. The average molecular weight is 351 g/mol. The number of carbonyl (C=O) groups is 1. The van der Waals surface area contributed by atoms with Gasteiger partial charge < -0.3 is 5.11 Å². The Bertz CT molecular complexity index is 1020. The molecule has 25 heavy (non-hydrogen) atoms. The first-order valence-electron chi connectivity index (χ1n) is 7.54. The van der Waals surface area contributed by atoms with Gasteiger partial charge in [-0.3, -0.25) is 10.1 Å². The van der Waals surface area contributed by atoms with Gasteiger partial charge in [0.15, 0.2) is 5.82 Å². The molecule has 0 unspecified atom stereocenters. The largest absolute Gasteiger partial charge is 0.508 e. The lowest BCUT2D eigenvalue weighted by molar-refractivity contribution is 0.102. The van der Waals surface area contributed by atoms with E-state index in [4.69, 9.17) is 0 Å². The average Bonchev–Trinajstić information content (AvgIpc) is 3.19. The highest BCUT2D eigenvalue weighted by atomic mass is 32.1. The number of nitrogens with one attached hydrogen (secondary N) is 1. The first-order chi connectivity index (χ1) is 12.2. The zero-order chi connectivity index (χ0) is 17.2. The predicted octanol–water partition coefficient (Wildman–Crippen LogP) is 2.73. The summed E-state index contributed by atoms with van der Waals surface area (Å²) in [7, 11) is 0. The van der Waals surface area contributed by atoms with Gasteiger partial charge in [-0.1, -0.05) is 41.7 Å². The number of fused-ring (bicyclic) bond motifs is 1. The van der Waals surface area contributed by atoms with Crippen molar-refractivity contribution in [2.75, 3.05) is 5.32 Å². The molecule has 0 aliphatic rings. The molecule has 2 heterocycles. The van der Waals surface area contributed by atoms with Crippen LogP contribution in [0.2, 0.25) is 0 Å². The smallest absolute Gasteiger partial charge is 0.257 e. The van der Waals surface area contributed by atoms with Crippen molar-refractivity contribution < 1.29 is 9.90 Å². The van der Waals surface area contributed by atoms with Gasteiger partial charge in [0.1, 0.15) is 5.75 Å². The number of benzene rings is 2. The van der Waals surface area contributed by atoms with E-state index in [0.717, 1.165) is 5.56 Å². The molecule has 0 spiro atoms. The van der Waals surface area contributed by atoms with Crippen molar-refractivity contribution in [1.82, 2.24) is 19.8 Å². The van der Waals surface area contributed by atoms with Crippen molar-refractivity contribution in [1.29, 1.82) is 0 Å². The van der Waals surface area contributed by atoms with Gasteiger partial charge in [-0.2, -0.15) is 4.52 Å². The van der Waals surface area contributed by atoms with Crippen molar-refractivity contribution >= 4 is 27.3 Å². The van der Waals surface area contributed by atoms with Crippen LogP contribution in [0.3, 0.4) is 0 Å². The lowest BCUT2D eigenvalue weighted by Crippen LogP contribution is -2.11. The molecule has 0 saturated heterocycles. The summed E-state index contributed by atoms with van der Waals surface area (Å²) in [6, 6.07) is 15.8. The number of rotatable bonds is 4. The van der Waals surface area contributed by atoms with Crippen molar-refractivity contribution in [3.05, 3.63) is 71.5 Å². The Kier molecular flexibility index (Phi) is 3.87. The molecule has 2 N–H and O–H groups in total. The Hall–Kier alpha value is -3.26. The minimum atomic E-state index is -0.217. The highest BCUT2D eigenvalue weighted by molar-refractivity contribution is 7.20. The number of phenolic OH excluding ortho intramolecular Hbond substituents is 1. The van der Waals surface area contributed by atoms with Gasteiger partial charge in [-0.25, -0.2) is 0 Å². The number of anilines is 1. The molecule has 0 radical (unpaired) electrons. The second-order valence-electron chi connectivity index (χ2n) is 5.38. The van der Waals surface area contributed by atoms with Crippen LogP contribution in [0.1, 0.15) is 21.7 Å². The van der Waals surface area contributed by atoms with E-state index in [2.05, 4.69) is 20.6 Å². The molecule has 124 valence electrons. The third-order valence-electron chi connectivity index (χ3n) is 3.61. The predicted molar refractivity (Wildman–Crippen MR) is 94.0 cm³/mol. The fourth-order valence-corrected chi connectivity index (χ4v) is 3.13. The lowest BCUT2D eigenvalue weighted by atomic mass is 10.1. The third kappa shape index (κ3) is 3.20. The van der Waals surface area contributed by atoms with Crippen molar-refractivity contribution in [2.45, 2.75) is 6.42 Å². The highest BCUT2D eigenvalue weighted by Gasteiger charge is 2.14. The van der Waals surface area contributed by atoms with Crippen LogP contribution in [-0.2, 0) is 6.42 Å². The summed E-state index contributed by atoms with van der Waals surface area (Å²) in [4.78, 5) is 12.8. The summed E-state index contributed by atoms with van der Waals surface area (Å²) in [6.07, 6.45) is 0.525. The van der Waals surface area contributed by atoms with Crippen LogP contribution in [0.4, 0.5) is 5.13 Å². The molecule has 0 saturated carbocycles. The third-order valence-corrected chi connectivity index (χ3v) is 4.42. The quantitative estimate of drug-likeness (QED) is 0.590.